The van der Waals surface area contributed by atoms with Crippen LogP contribution in [0.15, 0.2) is 78.9 Å². The molecule has 0 saturated carbocycles. The third-order valence-electron chi connectivity index (χ3n) is 4.47. The molecule has 0 saturated heterocycles. The normalized spacial score (nSPS) is 10.1. The van der Waals surface area contributed by atoms with E-state index in [-0.39, 0.29) is 30.8 Å². The molecule has 3 N–H and O–H groups in total. The van der Waals surface area contributed by atoms with Gasteiger partial charge in [0, 0.05) is 30.3 Å². The molecule has 8 heteroatoms. The smallest absolute Gasteiger partial charge is 0.308 e. The highest BCUT2D eigenvalue weighted by atomic mass is 16.5. The number of nitrogens with one attached hydrogen (secondary N) is 3. The molecule has 0 radical (unpaired) electrons. The Morgan fingerprint density at radius 3 is 2.21 bits per heavy atom. The van der Waals surface area contributed by atoms with E-state index in [1.54, 1.807) is 66.7 Å². The molecule has 0 heterocycles. The van der Waals surface area contributed by atoms with Crippen LogP contribution in [0.1, 0.15) is 33.2 Å². The van der Waals surface area contributed by atoms with E-state index in [0.29, 0.717) is 22.6 Å². The average molecular weight is 445 g/mol. The first-order valence-electron chi connectivity index (χ1n) is 10.2. The number of anilines is 1. The summed E-state index contributed by atoms with van der Waals surface area (Å²) in [6.45, 7) is 1.34. The second kappa shape index (κ2) is 11.2. The van der Waals surface area contributed by atoms with Gasteiger partial charge in [0.25, 0.3) is 11.8 Å². The number of rotatable bonds is 8. The van der Waals surface area contributed by atoms with Gasteiger partial charge in [-0.15, -0.1) is 0 Å². The topological polar surface area (TPSA) is 114 Å². The quantitative estimate of drug-likeness (QED) is 0.364. The molecule has 0 aliphatic rings. The maximum absolute atomic E-state index is 12.4. The van der Waals surface area contributed by atoms with Gasteiger partial charge in [-0.3, -0.25) is 19.2 Å². The van der Waals surface area contributed by atoms with Crippen LogP contribution in [0.3, 0.4) is 0 Å². The summed E-state index contributed by atoms with van der Waals surface area (Å²) in [7, 11) is 0. The van der Waals surface area contributed by atoms with E-state index in [4.69, 9.17) is 4.74 Å². The molecule has 3 aromatic rings. The van der Waals surface area contributed by atoms with Gasteiger partial charge in [0.05, 0.1) is 6.54 Å². The second-order valence-electron chi connectivity index (χ2n) is 7.10. The summed E-state index contributed by atoms with van der Waals surface area (Å²) in [5.74, 6) is -1.21. The van der Waals surface area contributed by atoms with E-state index in [1.165, 1.54) is 13.0 Å². The summed E-state index contributed by atoms with van der Waals surface area (Å²) in [6, 6.07) is 21.9. The molecule has 3 aromatic carbocycles. The molecule has 0 aromatic heterocycles. The Hall–Kier alpha value is -4.46. The molecular weight excluding hydrogens is 422 g/mol. The van der Waals surface area contributed by atoms with Crippen LogP contribution in [0.25, 0.3) is 0 Å². The zero-order chi connectivity index (χ0) is 23.6. The fourth-order valence-corrected chi connectivity index (χ4v) is 2.97. The number of esters is 1. The highest BCUT2D eigenvalue weighted by molar-refractivity contribution is 5.99. The van der Waals surface area contributed by atoms with Crippen molar-refractivity contribution in [3.8, 4) is 5.75 Å². The number of carbonyl (C=O) groups excluding carboxylic acids is 4. The summed E-state index contributed by atoms with van der Waals surface area (Å²) in [5.41, 5.74) is 2.14. The van der Waals surface area contributed by atoms with Crippen molar-refractivity contribution in [1.82, 2.24) is 10.6 Å². The van der Waals surface area contributed by atoms with Crippen molar-refractivity contribution in [3.05, 3.63) is 95.6 Å². The Morgan fingerprint density at radius 2 is 1.45 bits per heavy atom. The maximum Gasteiger partial charge on any atom is 0.308 e. The van der Waals surface area contributed by atoms with Crippen LogP contribution in [0.2, 0.25) is 0 Å². The van der Waals surface area contributed by atoms with E-state index < -0.39 is 5.97 Å². The van der Waals surface area contributed by atoms with Gasteiger partial charge in [-0.1, -0.05) is 36.4 Å². The van der Waals surface area contributed by atoms with Gasteiger partial charge in [-0.25, -0.2) is 0 Å². The lowest BCUT2D eigenvalue weighted by Gasteiger charge is -2.10. The molecule has 3 rings (SSSR count). The van der Waals surface area contributed by atoms with Crippen LogP contribution in [0.5, 0.6) is 5.75 Å². The minimum atomic E-state index is -0.467. The number of amides is 3. The molecule has 8 nitrogen and oxygen atoms in total. The minimum absolute atomic E-state index is 0.173. The van der Waals surface area contributed by atoms with Gasteiger partial charge in [-0.2, -0.15) is 0 Å². The van der Waals surface area contributed by atoms with Gasteiger partial charge in [0.15, 0.2) is 0 Å². The fraction of sp³-hybridized carbons (Fsp3) is 0.120. The Bertz CT molecular complexity index is 1160. The zero-order valence-corrected chi connectivity index (χ0v) is 18.0. The van der Waals surface area contributed by atoms with Crippen LogP contribution in [0.4, 0.5) is 5.69 Å². The fourth-order valence-electron chi connectivity index (χ4n) is 2.97. The highest BCUT2D eigenvalue weighted by Gasteiger charge is 2.10. The molecular formula is C25H23N3O5. The molecule has 0 bridgehead atoms. The SMILES string of the molecule is CC(=O)Oc1cccc(C(=O)NCc2cccc(NC(=O)CNC(=O)c3ccccc3)c2)c1. The molecule has 0 atom stereocenters. The average Bonchev–Trinajstić information content (AvgIpc) is 2.81. The predicted octanol–water partition coefficient (Wildman–Crippen LogP) is 2.91. The number of benzene rings is 3. The molecule has 0 spiro atoms. The Kier molecular flexibility index (Phi) is 7.91. The number of ether oxygens (including phenoxy) is 1. The van der Waals surface area contributed by atoms with Gasteiger partial charge in [0.2, 0.25) is 5.91 Å². The van der Waals surface area contributed by atoms with Crippen LogP contribution in [-0.2, 0) is 16.1 Å². The van der Waals surface area contributed by atoms with Gasteiger partial charge < -0.3 is 20.7 Å². The van der Waals surface area contributed by atoms with Crippen molar-refractivity contribution in [3.63, 3.8) is 0 Å². The number of hydrogen-bond acceptors (Lipinski definition) is 5. The largest absolute Gasteiger partial charge is 0.427 e. The third kappa shape index (κ3) is 7.32. The maximum atomic E-state index is 12.4. The van der Waals surface area contributed by atoms with Crippen LogP contribution >= 0.6 is 0 Å². The van der Waals surface area contributed by atoms with Gasteiger partial charge in [-0.05, 0) is 48.0 Å². The lowest BCUT2D eigenvalue weighted by Crippen LogP contribution is -2.32. The Morgan fingerprint density at radius 1 is 0.758 bits per heavy atom. The zero-order valence-electron chi connectivity index (χ0n) is 18.0. The van der Waals surface area contributed by atoms with Crippen LogP contribution < -0.4 is 20.7 Å². The van der Waals surface area contributed by atoms with Crippen molar-refractivity contribution in [1.29, 1.82) is 0 Å². The van der Waals surface area contributed by atoms with E-state index in [0.717, 1.165) is 5.56 Å². The van der Waals surface area contributed by atoms with Gasteiger partial charge >= 0.3 is 5.97 Å². The summed E-state index contributed by atoms with van der Waals surface area (Å²) >= 11 is 0. The second-order valence-corrected chi connectivity index (χ2v) is 7.10. The lowest BCUT2D eigenvalue weighted by molar-refractivity contribution is -0.131. The van der Waals surface area contributed by atoms with Crippen molar-refractivity contribution >= 4 is 29.4 Å². The van der Waals surface area contributed by atoms with E-state index in [1.807, 2.05) is 6.07 Å². The summed E-state index contributed by atoms with van der Waals surface area (Å²) in [4.78, 5) is 47.7. The van der Waals surface area contributed by atoms with Crippen LogP contribution in [0, 0.1) is 0 Å². The molecule has 168 valence electrons. The van der Waals surface area contributed by atoms with Crippen molar-refractivity contribution in [2.75, 3.05) is 11.9 Å². The predicted molar refractivity (Wildman–Crippen MR) is 123 cm³/mol. The molecule has 3 amide bonds. The lowest BCUT2D eigenvalue weighted by atomic mass is 10.1. The van der Waals surface area contributed by atoms with E-state index in [2.05, 4.69) is 16.0 Å². The summed E-state index contributed by atoms with van der Waals surface area (Å²) < 4.78 is 4.99. The van der Waals surface area contributed by atoms with E-state index >= 15 is 0 Å². The Balaban J connectivity index is 1.51. The number of carbonyl (C=O) groups is 4. The minimum Gasteiger partial charge on any atom is -0.427 e. The van der Waals surface area contributed by atoms with Crippen LogP contribution in [-0.4, -0.2) is 30.2 Å². The van der Waals surface area contributed by atoms with Gasteiger partial charge in [0.1, 0.15) is 5.75 Å². The third-order valence-corrected chi connectivity index (χ3v) is 4.47. The van der Waals surface area contributed by atoms with Crippen molar-refractivity contribution in [2.45, 2.75) is 13.5 Å². The molecule has 0 unspecified atom stereocenters. The van der Waals surface area contributed by atoms with Crippen molar-refractivity contribution < 1.29 is 23.9 Å². The standard InChI is InChI=1S/C25H23N3O5/c1-17(29)33-22-12-6-10-20(14-22)25(32)26-15-18-7-5-11-21(13-18)28-23(30)16-27-24(31)19-8-3-2-4-9-19/h2-14H,15-16H2,1H3,(H,26,32)(H,27,31)(H,28,30). The van der Waals surface area contributed by atoms with Crippen molar-refractivity contribution in [2.24, 2.45) is 0 Å². The first kappa shape index (κ1) is 23.2. The summed E-state index contributed by atoms with van der Waals surface area (Å²) in [5, 5.41) is 8.07. The molecule has 0 aliphatic carbocycles. The highest BCUT2D eigenvalue weighted by Crippen LogP contribution is 2.14. The molecule has 0 fully saturated rings. The molecule has 33 heavy (non-hydrogen) atoms. The first-order valence-corrected chi connectivity index (χ1v) is 10.2. The Labute approximate surface area is 191 Å². The monoisotopic (exact) mass is 445 g/mol. The number of hydrogen-bond donors (Lipinski definition) is 3. The first-order chi connectivity index (χ1) is 15.9. The van der Waals surface area contributed by atoms with E-state index in [9.17, 15) is 19.2 Å². The molecule has 0 aliphatic heterocycles. The summed E-state index contributed by atoms with van der Waals surface area (Å²) in [6.07, 6.45) is 0.